The number of hydrogen-bond donors (Lipinski definition) is 0. The second-order valence-corrected chi connectivity index (χ2v) is 9.33. The maximum atomic E-state index is 13.4. The Morgan fingerprint density at radius 2 is 1.62 bits per heavy atom. The minimum absolute atomic E-state index is 0.194. The van der Waals surface area contributed by atoms with Crippen LogP contribution in [-0.2, 0) is 9.84 Å². The lowest BCUT2D eigenvalue weighted by molar-refractivity contribution is 0.601. The molecule has 4 aromatic rings. The molecule has 0 amide bonds. The van der Waals surface area contributed by atoms with Crippen molar-refractivity contribution < 1.29 is 12.8 Å². The number of benzene rings is 3. The molecule has 1 aromatic heterocycles. The molecule has 0 N–H and O–H groups in total. The van der Waals surface area contributed by atoms with Crippen molar-refractivity contribution in [3.05, 3.63) is 87.5 Å². The Kier molecular flexibility index (Phi) is 4.81. The number of para-hydroxylation sites is 1. The standard InChI is InChI=1S/C23H17ClO4S/c1-14-7-12-17(19(24)13-14)21-22(25)18-5-3-4-6-20(18)28-23(21)15-8-10-16(11-9-15)29(2,26)27/h3-13H,1-2H3. The number of aryl methyl sites for hydroxylation is 1. The minimum atomic E-state index is -3.33. The predicted molar refractivity (Wildman–Crippen MR) is 116 cm³/mol. The summed E-state index contributed by atoms with van der Waals surface area (Å²) >= 11 is 6.47. The molecule has 0 unspecified atom stereocenters. The summed E-state index contributed by atoms with van der Waals surface area (Å²) in [6.45, 7) is 1.92. The molecule has 0 aliphatic heterocycles. The lowest BCUT2D eigenvalue weighted by Gasteiger charge is -2.12. The highest BCUT2D eigenvalue weighted by Crippen LogP contribution is 2.36. The van der Waals surface area contributed by atoms with E-state index in [4.69, 9.17) is 16.0 Å². The molecule has 0 spiro atoms. The third-order valence-corrected chi connectivity index (χ3v) is 6.18. The normalized spacial score (nSPS) is 11.7. The molecule has 29 heavy (non-hydrogen) atoms. The molecule has 146 valence electrons. The number of sulfone groups is 1. The summed E-state index contributed by atoms with van der Waals surface area (Å²) in [6.07, 6.45) is 1.15. The van der Waals surface area contributed by atoms with Crippen LogP contribution in [0.2, 0.25) is 5.02 Å². The van der Waals surface area contributed by atoms with Crippen LogP contribution in [0.1, 0.15) is 5.56 Å². The van der Waals surface area contributed by atoms with Gasteiger partial charge in [-0.1, -0.05) is 35.9 Å². The maximum Gasteiger partial charge on any atom is 0.201 e. The van der Waals surface area contributed by atoms with E-state index in [0.29, 0.717) is 38.4 Å². The van der Waals surface area contributed by atoms with Gasteiger partial charge in [-0.25, -0.2) is 8.42 Å². The van der Waals surface area contributed by atoms with Crippen LogP contribution in [0, 0.1) is 6.92 Å². The first kappa shape index (κ1) is 19.4. The van der Waals surface area contributed by atoms with Gasteiger partial charge >= 0.3 is 0 Å². The summed E-state index contributed by atoms with van der Waals surface area (Å²) in [7, 11) is -3.33. The molecule has 0 fully saturated rings. The number of rotatable bonds is 3. The van der Waals surface area contributed by atoms with Gasteiger partial charge in [0.1, 0.15) is 11.3 Å². The van der Waals surface area contributed by atoms with Crippen molar-refractivity contribution in [2.75, 3.05) is 6.26 Å². The fourth-order valence-corrected chi connectivity index (χ4v) is 4.23. The summed E-state index contributed by atoms with van der Waals surface area (Å²) in [6, 6.07) is 18.8. The number of fused-ring (bicyclic) bond motifs is 1. The van der Waals surface area contributed by atoms with Gasteiger partial charge in [0.25, 0.3) is 0 Å². The van der Waals surface area contributed by atoms with Crippen LogP contribution in [0.25, 0.3) is 33.4 Å². The second kappa shape index (κ2) is 7.17. The molecule has 0 bridgehead atoms. The van der Waals surface area contributed by atoms with Crippen LogP contribution in [0.4, 0.5) is 0 Å². The molecule has 6 heteroatoms. The number of hydrogen-bond acceptors (Lipinski definition) is 4. The molecule has 0 radical (unpaired) electrons. The predicted octanol–water partition coefficient (Wildman–Crippen LogP) is 5.49. The van der Waals surface area contributed by atoms with E-state index in [9.17, 15) is 13.2 Å². The van der Waals surface area contributed by atoms with E-state index in [2.05, 4.69) is 0 Å². The van der Waals surface area contributed by atoms with Crippen LogP contribution < -0.4 is 5.43 Å². The average molecular weight is 425 g/mol. The first-order valence-corrected chi connectivity index (χ1v) is 11.2. The van der Waals surface area contributed by atoms with Gasteiger partial charge in [0, 0.05) is 22.4 Å². The van der Waals surface area contributed by atoms with Crippen LogP contribution >= 0.6 is 11.6 Å². The second-order valence-electron chi connectivity index (χ2n) is 6.91. The molecule has 0 aliphatic carbocycles. The van der Waals surface area contributed by atoms with Gasteiger partial charge in [0.05, 0.1) is 15.8 Å². The Morgan fingerprint density at radius 3 is 2.28 bits per heavy atom. The van der Waals surface area contributed by atoms with Gasteiger partial charge in [-0.2, -0.15) is 0 Å². The summed E-state index contributed by atoms with van der Waals surface area (Å²) in [4.78, 5) is 13.6. The zero-order valence-corrected chi connectivity index (χ0v) is 17.3. The number of halogens is 1. The summed E-state index contributed by atoms with van der Waals surface area (Å²) < 4.78 is 29.7. The van der Waals surface area contributed by atoms with E-state index in [-0.39, 0.29) is 10.3 Å². The van der Waals surface area contributed by atoms with Gasteiger partial charge in [0.15, 0.2) is 9.84 Å². The monoisotopic (exact) mass is 424 g/mol. The Balaban J connectivity index is 2.06. The first-order chi connectivity index (χ1) is 13.8. The Bertz CT molecular complexity index is 1400. The SMILES string of the molecule is Cc1ccc(-c2c(-c3ccc(S(C)(=O)=O)cc3)oc3ccccc3c2=O)c(Cl)c1. The molecule has 0 atom stereocenters. The van der Waals surface area contributed by atoms with Gasteiger partial charge in [-0.05, 0) is 55.0 Å². The fraction of sp³-hybridized carbons (Fsp3) is 0.0870. The van der Waals surface area contributed by atoms with Crippen molar-refractivity contribution in [3.8, 4) is 22.5 Å². The van der Waals surface area contributed by atoms with Gasteiger partial charge in [-0.15, -0.1) is 0 Å². The summed E-state index contributed by atoms with van der Waals surface area (Å²) in [5.41, 5.74) is 2.74. The largest absolute Gasteiger partial charge is 0.455 e. The quantitative estimate of drug-likeness (QED) is 0.436. The van der Waals surface area contributed by atoms with Crippen LogP contribution in [0.15, 0.2) is 80.8 Å². The molecule has 0 saturated heterocycles. The Morgan fingerprint density at radius 1 is 0.931 bits per heavy atom. The summed E-state index contributed by atoms with van der Waals surface area (Å²) in [5.74, 6) is 0.347. The molecule has 4 nitrogen and oxygen atoms in total. The van der Waals surface area contributed by atoms with Gasteiger partial charge in [-0.3, -0.25) is 4.79 Å². The maximum absolute atomic E-state index is 13.4. The lowest BCUT2D eigenvalue weighted by atomic mass is 9.97. The van der Waals surface area contributed by atoms with E-state index in [1.165, 1.54) is 12.1 Å². The van der Waals surface area contributed by atoms with Crippen molar-refractivity contribution in [2.45, 2.75) is 11.8 Å². The molecule has 0 saturated carbocycles. The zero-order chi connectivity index (χ0) is 20.8. The van der Waals surface area contributed by atoms with E-state index in [0.717, 1.165) is 11.8 Å². The van der Waals surface area contributed by atoms with E-state index < -0.39 is 9.84 Å². The van der Waals surface area contributed by atoms with E-state index in [1.54, 1.807) is 48.5 Å². The smallest absolute Gasteiger partial charge is 0.201 e. The zero-order valence-electron chi connectivity index (χ0n) is 15.8. The van der Waals surface area contributed by atoms with Crippen molar-refractivity contribution in [3.63, 3.8) is 0 Å². The van der Waals surface area contributed by atoms with Crippen LogP contribution in [0.5, 0.6) is 0 Å². The van der Waals surface area contributed by atoms with Crippen molar-refractivity contribution in [2.24, 2.45) is 0 Å². The fourth-order valence-electron chi connectivity index (χ4n) is 3.27. The molecular weight excluding hydrogens is 408 g/mol. The van der Waals surface area contributed by atoms with Crippen LogP contribution in [0.3, 0.4) is 0 Å². The Hall–Kier alpha value is -2.89. The third-order valence-electron chi connectivity index (χ3n) is 4.74. The summed E-state index contributed by atoms with van der Waals surface area (Å²) in [5, 5.41) is 0.900. The first-order valence-electron chi connectivity index (χ1n) is 8.88. The molecule has 1 heterocycles. The topological polar surface area (TPSA) is 64.3 Å². The highest BCUT2D eigenvalue weighted by Gasteiger charge is 2.20. The van der Waals surface area contributed by atoms with Crippen molar-refractivity contribution in [1.82, 2.24) is 0 Å². The average Bonchev–Trinajstić information content (AvgIpc) is 2.68. The van der Waals surface area contributed by atoms with Crippen molar-refractivity contribution >= 4 is 32.4 Å². The van der Waals surface area contributed by atoms with E-state index in [1.807, 2.05) is 13.0 Å². The molecular formula is C23H17ClO4S. The Labute approximate surface area is 173 Å². The van der Waals surface area contributed by atoms with Crippen LogP contribution in [-0.4, -0.2) is 14.7 Å². The lowest BCUT2D eigenvalue weighted by Crippen LogP contribution is -2.08. The van der Waals surface area contributed by atoms with Gasteiger partial charge < -0.3 is 4.42 Å². The molecule has 0 aliphatic rings. The highest BCUT2D eigenvalue weighted by atomic mass is 35.5. The van der Waals surface area contributed by atoms with Gasteiger partial charge in [0.2, 0.25) is 5.43 Å². The molecule has 4 rings (SSSR count). The minimum Gasteiger partial charge on any atom is -0.455 e. The molecule has 3 aromatic carbocycles. The van der Waals surface area contributed by atoms with Crippen molar-refractivity contribution in [1.29, 1.82) is 0 Å². The third kappa shape index (κ3) is 3.59. The highest BCUT2D eigenvalue weighted by molar-refractivity contribution is 7.90. The van der Waals surface area contributed by atoms with E-state index >= 15 is 0 Å².